The van der Waals surface area contributed by atoms with Crippen LogP contribution in [-0.2, 0) is 4.74 Å². The van der Waals surface area contributed by atoms with Gasteiger partial charge in [-0.25, -0.2) is 0 Å². The van der Waals surface area contributed by atoms with E-state index in [1.165, 1.54) is 38.6 Å². The van der Waals surface area contributed by atoms with E-state index in [0.29, 0.717) is 18.6 Å². The molecular weight excluding hydrogens is 454 g/mol. The smallest absolute Gasteiger partial charge is 0.259 e. The first-order chi connectivity index (χ1) is 17.6. The second-order valence-electron chi connectivity index (χ2n) is 11.0. The lowest BCUT2D eigenvalue weighted by molar-refractivity contribution is 0.0605. The van der Waals surface area contributed by atoms with Crippen molar-refractivity contribution >= 4 is 27.7 Å². The van der Waals surface area contributed by atoms with Gasteiger partial charge in [-0.1, -0.05) is 19.3 Å². The molecule has 192 valence electrons. The molecule has 3 aliphatic rings. The van der Waals surface area contributed by atoms with E-state index in [0.717, 1.165) is 72.5 Å². The third kappa shape index (κ3) is 4.45. The summed E-state index contributed by atoms with van der Waals surface area (Å²) in [7, 11) is 0. The molecule has 1 N–H and O–H groups in total. The number of hydrogen-bond acceptors (Lipinski definition) is 5. The molecule has 0 atom stereocenters. The van der Waals surface area contributed by atoms with Gasteiger partial charge in [0.05, 0.1) is 28.7 Å². The molecular formula is C28H37N5O3. The van der Waals surface area contributed by atoms with E-state index in [1.807, 2.05) is 28.6 Å². The van der Waals surface area contributed by atoms with Crippen molar-refractivity contribution < 1.29 is 9.53 Å². The van der Waals surface area contributed by atoms with E-state index < -0.39 is 0 Å². The highest BCUT2D eigenvalue weighted by molar-refractivity contribution is 6.07. The van der Waals surface area contributed by atoms with Gasteiger partial charge in [-0.2, -0.15) is 5.10 Å². The summed E-state index contributed by atoms with van der Waals surface area (Å²) in [6.07, 6.45) is 10.2. The summed E-state index contributed by atoms with van der Waals surface area (Å²) < 4.78 is 7.53. The monoisotopic (exact) mass is 491 g/mol. The molecule has 1 saturated carbocycles. The zero-order valence-corrected chi connectivity index (χ0v) is 21.3. The van der Waals surface area contributed by atoms with E-state index in [2.05, 4.69) is 15.0 Å². The zero-order valence-electron chi connectivity index (χ0n) is 21.3. The van der Waals surface area contributed by atoms with Crippen molar-refractivity contribution in [3.63, 3.8) is 0 Å². The molecule has 0 unspecified atom stereocenters. The van der Waals surface area contributed by atoms with Crippen LogP contribution in [0.2, 0.25) is 0 Å². The summed E-state index contributed by atoms with van der Waals surface area (Å²) in [5.41, 5.74) is 3.06. The van der Waals surface area contributed by atoms with Crippen molar-refractivity contribution in [2.45, 2.75) is 57.9 Å². The first-order valence-corrected chi connectivity index (χ1v) is 13.7. The van der Waals surface area contributed by atoms with Crippen molar-refractivity contribution in [1.82, 2.24) is 24.6 Å². The molecule has 0 spiro atoms. The van der Waals surface area contributed by atoms with Gasteiger partial charge in [0.1, 0.15) is 0 Å². The number of aromatic amines is 1. The van der Waals surface area contributed by atoms with Crippen molar-refractivity contribution in [2.75, 3.05) is 45.9 Å². The van der Waals surface area contributed by atoms with Crippen LogP contribution in [0.1, 0.15) is 66.9 Å². The highest BCUT2D eigenvalue weighted by Gasteiger charge is 2.27. The normalized spacial score (nSPS) is 21.0. The molecule has 4 heterocycles. The Hall–Kier alpha value is -2.71. The van der Waals surface area contributed by atoms with Crippen molar-refractivity contribution in [3.05, 3.63) is 39.8 Å². The largest absolute Gasteiger partial charge is 0.381 e. The van der Waals surface area contributed by atoms with E-state index in [1.54, 1.807) is 6.20 Å². The van der Waals surface area contributed by atoms with Crippen molar-refractivity contribution in [2.24, 2.45) is 5.92 Å². The number of hydrogen-bond donors (Lipinski definition) is 1. The molecule has 8 heteroatoms. The molecule has 2 aliphatic heterocycles. The highest BCUT2D eigenvalue weighted by atomic mass is 16.5. The maximum Gasteiger partial charge on any atom is 0.259 e. The fraction of sp³-hybridized carbons (Fsp3) is 0.607. The summed E-state index contributed by atoms with van der Waals surface area (Å²) in [4.78, 5) is 34.1. The van der Waals surface area contributed by atoms with E-state index in [-0.39, 0.29) is 17.5 Å². The van der Waals surface area contributed by atoms with E-state index in [9.17, 15) is 9.59 Å². The molecule has 1 amide bonds. The number of carbonyl (C=O) groups is 1. The number of amides is 1. The zero-order chi connectivity index (χ0) is 24.6. The quantitative estimate of drug-likeness (QED) is 0.599. The molecule has 3 fully saturated rings. The molecule has 1 aliphatic carbocycles. The molecule has 0 bridgehead atoms. The fourth-order valence-corrected chi connectivity index (χ4v) is 6.47. The number of fused-ring (bicyclic) bond motifs is 3. The average molecular weight is 492 g/mol. The van der Waals surface area contributed by atoms with Crippen LogP contribution in [0.15, 0.2) is 23.1 Å². The van der Waals surface area contributed by atoms with Gasteiger partial charge >= 0.3 is 0 Å². The minimum atomic E-state index is -0.136. The summed E-state index contributed by atoms with van der Waals surface area (Å²) in [5.74, 6) is 0.914. The predicted molar refractivity (Wildman–Crippen MR) is 141 cm³/mol. The molecule has 1 aromatic carbocycles. The molecule has 8 nitrogen and oxygen atoms in total. The van der Waals surface area contributed by atoms with Gasteiger partial charge in [-0.15, -0.1) is 0 Å². The summed E-state index contributed by atoms with van der Waals surface area (Å²) in [6, 6.07) is 4.13. The summed E-state index contributed by atoms with van der Waals surface area (Å²) in [6.45, 7) is 7.97. The Kier molecular flexibility index (Phi) is 6.56. The van der Waals surface area contributed by atoms with Gasteiger partial charge in [-0.3, -0.25) is 19.2 Å². The molecule has 6 rings (SSSR count). The van der Waals surface area contributed by atoms with Gasteiger partial charge in [0.25, 0.3) is 11.5 Å². The van der Waals surface area contributed by atoms with E-state index >= 15 is 0 Å². The summed E-state index contributed by atoms with van der Waals surface area (Å²) in [5, 5.41) is 6.08. The number of nitrogens with zero attached hydrogens (tertiary/aromatic N) is 4. The number of pyridine rings is 1. The number of benzene rings is 1. The SMILES string of the molecule is Cc1cc2[nH]c(=O)c3cnn(C4CCOCC4)c3c2cc1C(=O)N1CCN(CC2CCCCC2)CC1. The lowest BCUT2D eigenvalue weighted by atomic mass is 9.89. The number of rotatable bonds is 4. The minimum absolute atomic E-state index is 0.0863. The molecule has 2 aromatic heterocycles. The van der Waals surface area contributed by atoms with Crippen LogP contribution in [-0.4, -0.2) is 76.4 Å². The lowest BCUT2D eigenvalue weighted by Gasteiger charge is -2.37. The Bertz CT molecular complexity index is 1310. The van der Waals surface area contributed by atoms with Gasteiger partial charge in [0.2, 0.25) is 0 Å². The maximum absolute atomic E-state index is 13.7. The highest BCUT2D eigenvalue weighted by Crippen LogP contribution is 2.30. The molecule has 2 saturated heterocycles. The van der Waals surface area contributed by atoms with Crippen LogP contribution in [0.25, 0.3) is 21.8 Å². The number of nitrogens with one attached hydrogen (secondary N) is 1. The summed E-state index contributed by atoms with van der Waals surface area (Å²) >= 11 is 0. The minimum Gasteiger partial charge on any atom is -0.381 e. The van der Waals surface area contributed by atoms with Crippen LogP contribution < -0.4 is 5.56 Å². The van der Waals surface area contributed by atoms with E-state index in [4.69, 9.17) is 4.74 Å². The third-order valence-electron chi connectivity index (χ3n) is 8.58. The van der Waals surface area contributed by atoms with Crippen LogP contribution in [0.4, 0.5) is 0 Å². The van der Waals surface area contributed by atoms with Crippen LogP contribution in [0.3, 0.4) is 0 Å². The van der Waals surface area contributed by atoms with Crippen molar-refractivity contribution in [1.29, 1.82) is 0 Å². The Morgan fingerprint density at radius 1 is 1.03 bits per heavy atom. The number of aryl methyl sites for hydroxylation is 1. The second kappa shape index (κ2) is 9.98. The Balaban J connectivity index is 1.27. The van der Waals surface area contributed by atoms with Gasteiger partial charge in [-0.05, 0) is 56.2 Å². The maximum atomic E-state index is 13.7. The Labute approximate surface area is 211 Å². The first kappa shape index (κ1) is 23.7. The predicted octanol–water partition coefficient (Wildman–Crippen LogP) is 3.88. The van der Waals surface area contributed by atoms with Crippen LogP contribution in [0.5, 0.6) is 0 Å². The van der Waals surface area contributed by atoms with Gasteiger partial charge < -0.3 is 14.6 Å². The second-order valence-corrected chi connectivity index (χ2v) is 11.0. The number of carbonyl (C=O) groups excluding carboxylic acids is 1. The number of piperazine rings is 1. The lowest BCUT2D eigenvalue weighted by Crippen LogP contribution is -2.50. The van der Waals surface area contributed by atoms with Gasteiger partial charge in [0.15, 0.2) is 0 Å². The number of ether oxygens (including phenoxy) is 1. The van der Waals surface area contributed by atoms with Gasteiger partial charge in [0, 0.05) is 56.9 Å². The average Bonchev–Trinajstić information content (AvgIpc) is 3.36. The molecule has 36 heavy (non-hydrogen) atoms. The number of H-pyrrole nitrogens is 1. The van der Waals surface area contributed by atoms with Crippen molar-refractivity contribution in [3.8, 4) is 0 Å². The molecule has 0 radical (unpaired) electrons. The van der Waals surface area contributed by atoms with Crippen LogP contribution in [0, 0.1) is 12.8 Å². The molecule has 3 aromatic rings. The first-order valence-electron chi connectivity index (χ1n) is 13.7. The fourth-order valence-electron chi connectivity index (χ4n) is 6.47. The van der Waals surface area contributed by atoms with Crippen LogP contribution >= 0.6 is 0 Å². The number of aromatic nitrogens is 3. The Morgan fingerprint density at radius 2 is 1.78 bits per heavy atom. The standard InChI is InChI=1S/C28H37N5O3/c1-19-15-25-23(26-24(27(34)30-25)17-29-33(26)21-7-13-36-14-8-21)16-22(19)28(35)32-11-9-31(10-12-32)18-20-5-3-2-4-6-20/h15-17,20-21H,2-14,18H2,1H3,(H,30,34). The topological polar surface area (TPSA) is 83.5 Å². The Morgan fingerprint density at radius 3 is 2.53 bits per heavy atom. The third-order valence-corrected chi connectivity index (χ3v) is 8.58.